The van der Waals surface area contributed by atoms with E-state index in [2.05, 4.69) is 97.2 Å². The number of hydrogen-bond acceptors (Lipinski definition) is 2. The number of piperidine rings is 1. The van der Waals surface area contributed by atoms with E-state index in [4.69, 9.17) is 0 Å². The maximum Gasteiger partial charge on any atom is 0.0752 e. The Labute approximate surface area is 174 Å². The lowest BCUT2D eigenvalue weighted by atomic mass is 9.67. The monoisotopic (exact) mass is 385 g/mol. The van der Waals surface area contributed by atoms with Crippen LogP contribution in [0.3, 0.4) is 0 Å². The molecule has 0 saturated carbocycles. The van der Waals surface area contributed by atoms with E-state index in [1.165, 1.54) is 16.7 Å². The number of aliphatic hydroxyl groups is 1. The summed E-state index contributed by atoms with van der Waals surface area (Å²) < 4.78 is 0. The molecule has 0 unspecified atom stereocenters. The van der Waals surface area contributed by atoms with Crippen molar-refractivity contribution in [2.75, 3.05) is 0 Å². The Hall–Kier alpha value is -2.42. The zero-order chi connectivity index (χ0) is 20.1. The molecule has 4 rings (SSSR count). The van der Waals surface area contributed by atoms with Crippen LogP contribution >= 0.6 is 0 Å². The summed E-state index contributed by atoms with van der Waals surface area (Å²) in [5.41, 5.74) is 2.95. The standard InChI is InChI=1S/C27H31NO/c1-2-12-24-26(23-17-10-5-11-18-23)28-25(22-15-8-4-9-16-22)20-27(24,29)19-21-13-6-3-7-14-21/h3-11,13-18,24-26,28-29H,2,12,19-20H2,1H3/t24-,25-,26+,27-/m1/s1. The maximum absolute atomic E-state index is 12.1. The van der Waals surface area contributed by atoms with Crippen LogP contribution in [-0.4, -0.2) is 10.7 Å². The summed E-state index contributed by atoms with van der Waals surface area (Å²) in [4.78, 5) is 0. The van der Waals surface area contributed by atoms with E-state index < -0.39 is 5.60 Å². The maximum atomic E-state index is 12.1. The Morgan fingerprint density at radius 1 is 0.828 bits per heavy atom. The van der Waals surface area contributed by atoms with Gasteiger partial charge in [-0.3, -0.25) is 0 Å². The summed E-state index contributed by atoms with van der Waals surface area (Å²) in [6, 6.07) is 31.9. The van der Waals surface area contributed by atoms with Crippen LogP contribution in [0.1, 0.15) is 55.0 Å². The molecule has 3 aromatic rings. The lowest BCUT2D eigenvalue weighted by Crippen LogP contribution is -2.54. The highest BCUT2D eigenvalue weighted by Crippen LogP contribution is 2.46. The van der Waals surface area contributed by atoms with Gasteiger partial charge >= 0.3 is 0 Å². The van der Waals surface area contributed by atoms with Gasteiger partial charge in [0.05, 0.1) is 5.60 Å². The first kappa shape index (κ1) is 19.9. The molecule has 4 atom stereocenters. The predicted octanol–water partition coefficient (Wildman–Crippen LogP) is 5.85. The Bertz CT molecular complexity index is 880. The third kappa shape index (κ3) is 4.44. The molecule has 1 fully saturated rings. The Morgan fingerprint density at radius 3 is 1.97 bits per heavy atom. The number of hydrogen-bond donors (Lipinski definition) is 2. The van der Waals surface area contributed by atoms with Gasteiger partial charge < -0.3 is 10.4 Å². The molecule has 0 spiro atoms. The minimum atomic E-state index is -0.760. The van der Waals surface area contributed by atoms with Crippen molar-refractivity contribution in [1.29, 1.82) is 0 Å². The van der Waals surface area contributed by atoms with E-state index in [9.17, 15) is 5.11 Å². The Morgan fingerprint density at radius 2 is 1.38 bits per heavy atom. The fraction of sp³-hybridized carbons (Fsp3) is 0.333. The van der Waals surface area contributed by atoms with Crippen LogP contribution in [-0.2, 0) is 6.42 Å². The Balaban J connectivity index is 1.75. The van der Waals surface area contributed by atoms with Crippen molar-refractivity contribution in [3.05, 3.63) is 108 Å². The average Bonchev–Trinajstić information content (AvgIpc) is 2.77. The van der Waals surface area contributed by atoms with Crippen molar-refractivity contribution in [3.63, 3.8) is 0 Å². The number of rotatable bonds is 6. The summed E-state index contributed by atoms with van der Waals surface area (Å²) >= 11 is 0. The van der Waals surface area contributed by atoms with Crippen molar-refractivity contribution < 1.29 is 5.11 Å². The molecule has 1 heterocycles. The second-order valence-electron chi connectivity index (χ2n) is 8.38. The summed E-state index contributed by atoms with van der Waals surface area (Å²) in [6.45, 7) is 2.22. The molecule has 150 valence electrons. The van der Waals surface area contributed by atoms with Gasteiger partial charge in [-0.2, -0.15) is 0 Å². The molecular weight excluding hydrogens is 354 g/mol. The molecule has 0 radical (unpaired) electrons. The van der Waals surface area contributed by atoms with E-state index in [0.29, 0.717) is 6.42 Å². The molecule has 2 N–H and O–H groups in total. The predicted molar refractivity (Wildman–Crippen MR) is 120 cm³/mol. The van der Waals surface area contributed by atoms with E-state index in [1.807, 2.05) is 6.07 Å². The lowest BCUT2D eigenvalue weighted by molar-refractivity contribution is -0.0780. The molecule has 2 nitrogen and oxygen atoms in total. The highest BCUT2D eigenvalue weighted by atomic mass is 16.3. The molecule has 0 amide bonds. The van der Waals surface area contributed by atoms with Gasteiger partial charge in [0, 0.05) is 24.4 Å². The molecule has 29 heavy (non-hydrogen) atoms. The van der Waals surface area contributed by atoms with Crippen molar-refractivity contribution in [2.45, 2.75) is 50.3 Å². The summed E-state index contributed by atoms with van der Waals surface area (Å²) in [5.74, 6) is 0.162. The first-order valence-electron chi connectivity index (χ1n) is 10.8. The van der Waals surface area contributed by atoms with Gasteiger partial charge in [-0.15, -0.1) is 0 Å². The highest BCUT2D eigenvalue weighted by Gasteiger charge is 2.47. The average molecular weight is 386 g/mol. The Kier molecular flexibility index (Phi) is 6.13. The molecule has 1 aliphatic heterocycles. The van der Waals surface area contributed by atoms with Crippen LogP contribution in [0.5, 0.6) is 0 Å². The van der Waals surface area contributed by atoms with Gasteiger partial charge in [-0.05, 0) is 29.5 Å². The molecular formula is C27H31NO. The topological polar surface area (TPSA) is 32.3 Å². The SMILES string of the molecule is CCC[C@@H]1[C@H](c2ccccc2)N[C@@H](c2ccccc2)C[C@]1(O)Cc1ccccc1. The summed E-state index contributed by atoms with van der Waals surface area (Å²) in [6.07, 6.45) is 3.47. The van der Waals surface area contributed by atoms with Crippen molar-refractivity contribution in [1.82, 2.24) is 5.32 Å². The van der Waals surface area contributed by atoms with Gasteiger partial charge in [0.15, 0.2) is 0 Å². The smallest absolute Gasteiger partial charge is 0.0752 e. The van der Waals surface area contributed by atoms with Crippen LogP contribution < -0.4 is 5.32 Å². The van der Waals surface area contributed by atoms with Gasteiger partial charge in [0.25, 0.3) is 0 Å². The third-order valence-corrected chi connectivity index (χ3v) is 6.34. The molecule has 0 aromatic heterocycles. The quantitative estimate of drug-likeness (QED) is 0.558. The third-order valence-electron chi connectivity index (χ3n) is 6.34. The van der Waals surface area contributed by atoms with Gasteiger partial charge in [0.1, 0.15) is 0 Å². The van der Waals surface area contributed by atoms with Crippen LogP contribution in [0.15, 0.2) is 91.0 Å². The van der Waals surface area contributed by atoms with Crippen molar-refractivity contribution in [3.8, 4) is 0 Å². The van der Waals surface area contributed by atoms with Crippen LogP contribution in [0.4, 0.5) is 0 Å². The first-order valence-corrected chi connectivity index (χ1v) is 10.8. The minimum absolute atomic E-state index is 0.128. The van der Waals surface area contributed by atoms with Crippen LogP contribution in [0, 0.1) is 5.92 Å². The number of benzene rings is 3. The summed E-state index contributed by atoms with van der Waals surface area (Å²) in [5, 5.41) is 16.0. The molecule has 2 heteroatoms. The van der Waals surface area contributed by atoms with Gasteiger partial charge in [0.2, 0.25) is 0 Å². The van der Waals surface area contributed by atoms with Crippen LogP contribution in [0.2, 0.25) is 0 Å². The second kappa shape index (κ2) is 8.94. The van der Waals surface area contributed by atoms with E-state index in [-0.39, 0.29) is 18.0 Å². The molecule has 0 aliphatic carbocycles. The zero-order valence-electron chi connectivity index (χ0n) is 17.2. The fourth-order valence-electron chi connectivity index (χ4n) is 4.99. The second-order valence-corrected chi connectivity index (χ2v) is 8.38. The van der Waals surface area contributed by atoms with Crippen LogP contribution in [0.25, 0.3) is 0 Å². The lowest BCUT2D eigenvalue weighted by Gasteiger charge is -2.49. The number of nitrogens with one attached hydrogen (secondary N) is 1. The van der Waals surface area contributed by atoms with E-state index >= 15 is 0 Å². The largest absolute Gasteiger partial charge is 0.389 e. The summed E-state index contributed by atoms with van der Waals surface area (Å²) in [7, 11) is 0. The zero-order valence-corrected chi connectivity index (χ0v) is 17.2. The molecule has 1 saturated heterocycles. The highest BCUT2D eigenvalue weighted by molar-refractivity contribution is 5.28. The van der Waals surface area contributed by atoms with Gasteiger partial charge in [-0.1, -0.05) is 104 Å². The van der Waals surface area contributed by atoms with E-state index in [0.717, 1.165) is 19.3 Å². The molecule has 1 aliphatic rings. The van der Waals surface area contributed by atoms with Gasteiger partial charge in [-0.25, -0.2) is 0 Å². The molecule has 3 aromatic carbocycles. The fourth-order valence-corrected chi connectivity index (χ4v) is 4.99. The van der Waals surface area contributed by atoms with E-state index in [1.54, 1.807) is 0 Å². The normalized spacial score (nSPS) is 26.9. The molecule has 0 bridgehead atoms. The van der Waals surface area contributed by atoms with Crippen molar-refractivity contribution in [2.24, 2.45) is 5.92 Å². The van der Waals surface area contributed by atoms with Crippen molar-refractivity contribution >= 4 is 0 Å². The minimum Gasteiger partial charge on any atom is -0.389 e. The first-order chi connectivity index (χ1) is 14.2.